The fraction of sp³-hybridized carbons (Fsp3) is 0.600. The number of hydrogen-bond donors (Lipinski definition) is 2. The van der Waals surface area contributed by atoms with Gasteiger partial charge in [-0.25, -0.2) is 0 Å². The van der Waals surface area contributed by atoms with Crippen LogP contribution in [0.5, 0.6) is 0 Å². The minimum absolute atomic E-state index is 0.285. The van der Waals surface area contributed by atoms with Crippen LogP contribution >= 0.6 is 0 Å². The van der Waals surface area contributed by atoms with Gasteiger partial charge in [-0.3, -0.25) is 0 Å². The molecule has 0 saturated carbocycles. The lowest BCUT2D eigenvalue weighted by molar-refractivity contribution is -0.00122. The van der Waals surface area contributed by atoms with Gasteiger partial charge in [-0.05, 0) is 17.0 Å². The van der Waals surface area contributed by atoms with E-state index in [1.165, 1.54) is 0 Å². The van der Waals surface area contributed by atoms with Gasteiger partial charge in [-0.2, -0.15) is 0 Å². The highest BCUT2D eigenvalue weighted by molar-refractivity contribution is 5.23. The van der Waals surface area contributed by atoms with Crippen LogP contribution in [0.3, 0.4) is 0 Å². The van der Waals surface area contributed by atoms with Gasteiger partial charge in [0.05, 0.1) is 19.8 Å². The van der Waals surface area contributed by atoms with E-state index >= 15 is 0 Å². The molecule has 4 heteroatoms. The van der Waals surface area contributed by atoms with Crippen LogP contribution in [0.1, 0.15) is 31.1 Å². The lowest BCUT2D eigenvalue weighted by Gasteiger charge is -2.12. The van der Waals surface area contributed by atoms with E-state index in [-0.39, 0.29) is 6.61 Å². The molecule has 0 aromatic heterocycles. The van der Waals surface area contributed by atoms with Crippen molar-refractivity contribution in [2.75, 3.05) is 26.4 Å². The minimum atomic E-state index is -0.600. The third-order valence-corrected chi connectivity index (χ3v) is 2.70. The molecule has 3 N–H and O–H groups in total. The van der Waals surface area contributed by atoms with E-state index in [0.29, 0.717) is 25.7 Å². The second-order valence-corrected chi connectivity index (χ2v) is 5.01. The molecule has 108 valence electrons. The number of nitrogens with two attached hydrogens (primary N) is 1. The van der Waals surface area contributed by atoms with Gasteiger partial charge in [0.1, 0.15) is 6.10 Å². The maximum Gasteiger partial charge on any atom is 0.102 e. The summed E-state index contributed by atoms with van der Waals surface area (Å²) >= 11 is 0. The second kappa shape index (κ2) is 9.04. The Morgan fingerprint density at radius 2 is 1.63 bits per heavy atom. The molecule has 0 aliphatic rings. The second-order valence-electron chi connectivity index (χ2n) is 5.01. The van der Waals surface area contributed by atoms with Crippen molar-refractivity contribution in [3.63, 3.8) is 0 Å². The number of benzene rings is 1. The molecule has 1 atom stereocenters. The Morgan fingerprint density at radius 3 is 2.16 bits per heavy atom. The quantitative estimate of drug-likeness (QED) is 0.670. The maximum atomic E-state index is 9.93. The standard InChI is InChI=1S/C15H25NO3/c1-12(2)10-18-7-8-19-11-15(17)14-5-3-13(9-16)4-6-14/h3-6,12,15,17H,7-11,16H2,1-2H3. The molecule has 0 spiro atoms. The van der Waals surface area contributed by atoms with Crippen LogP contribution in [0, 0.1) is 5.92 Å². The molecule has 0 heterocycles. The van der Waals surface area contributed by atoms with E-state index < -0.39 is 6.10 Å². The molecule has 1 aromatic carbocycles. The van der Waals surface area contributed by atoms with E-state index in [0.717, 1.165) is 17.7 Å². The highest BCUT2D eigenvalue weighted by Gasteiger charge is 2.07. The smallest absolute Gasteiger partial charge is 0.102 e. The topological polar surface area (TPSA) is 64.7 Å². The molecular weight excluding hydrogens is 242 g/mol. The minimum Gasteiger partial charge on any atom is -0.386 e. The SMILES string of the molecule is CC(C)COCCOCC(O)c1ccc(CN)cc1. The van der Waals surface area contributed by atoms with E-state index in [4.69, 9.17) is 15.2 Å². The van der Waals surface area contributed by atoms with Crippen LogP contribution in [-0.2, 0) is 16.0 Å². The zero-order chi connectivity index (χ0) is 14.1. The van der Waals surface area contributed by atoms with E-state index in [9.17, 15) is 5.11 Å². The molecule has 1 aromatic rings. The molecule has 0 saturated heterocycles. The first-order valence-corrected chi connectivity index (χ1v) is 6.76. The normalized spacial score (nSPS) is 12.9. The fourth-order valence-electron chi connectivity index (χ4n) is 1.60. The first-order valence-electron chi connectivity index (χ1n) is 6.76. The summed E-state index contributed by atoms with van der Waals surface area (Å²) in [6, 6.07) is 7.60. The Labute approximate surface area is 115 Å². The third kappa shape index (κ3) is 6.68. The van der Waals surface area contributed by atoms with Gasteiger partial charge >= 0.3 is 0 Å². The highest BCUT2D eigenvalue weighted by Crippen LogP contribution is 2.14. The first kappa shape index (κ1) is 16.1. The third-order valence-electron chi connectivity index (χ3n) is 2.70. The molecule has 0 aliphatic carbocycles. The number of ether oxygens (including phenoxy) is 2. The molecule has 1 rings (SSSR count). The lowest BCUT2D eigenvalue weighted by Crippen LogP contribution is -2.12. The van der Waals surface area contributed by atoms with Crippen molar-refractivity contribution in [3.8, 4) is 0 Å². The zero-order valence-electron chi connectivity index (χ0n) is 11.8. The van der Waals surface area contributed by atoms with E-state index in [1.54, 1.807) is 0 Å². The number of rotatable bonds is 9. The summed E-state index contributed by atoms with van der Waals surface area (Å²) in [5.74, 6) is 0.534. The summed E-state index contributed by atoms with van der Waals surface area (Å²) in [4.78, 5) is 0. The zero-order valence-corrected chi connectivity index (χ0v) is 11.8. The lowest BCUT2D eigenvalue weighted by atomic mass is 10.1. The molecule has 0 fully saturated rings. The molecule has 0 radical (unpaired) electrons. The van der Waals surface area contributed by atoms with E-state index in [1.807, 2.05) is 24.3 Å². The van der Waals surface area contributed by atoms with Gasteiger partial charge in [0.15, 0.2) is 0 Å². The molecule has 0 amide bonds. The van der Waals surface area contributed by atoms with Crippen molar-refractivity contribution in [1.82, 2.24) is 0 Å². The van der Waals surface area contributed by atoms with Gasteiger partial charge in [0, 0.05) is 13.2 Å². The Morgan fingerprint density at radius 1 is 1.05 bits per heavy atom. The Kier molecular flexibility index (Phi) is 7.67. The Bertz CT molecular complexity index is 338. The van der Waals surface area contributed by atoms with Crippen LogP contribution in [0.15, 0.2) is 24.3 Å². The highest BCUT2D eigenvalue weighted by atomic mass is 16.5. The number of hydrogen-bond acceptors (Lipinski definition) is 4. The van der Waals surface area contributed by atoms with Crippen molar-refractivity contribution in [1.29, 1.82) is 0 Å². The van der Waals surface area contributed by atoms with Crippen molar-refractivity contribution in [2.45, 2.75) is 26.5 Å². The molecule has 4 nitrogen and oxygen atoms in total. The summed E-state index contributed by atoms with van der Waals surface area (Å²) in [5, 5.41) is 9.93. The van der Waals surface area contributed by atoms with Crippen LogP contribution in [0.25, 0.3) is 0 Å². The van der Waals surface area contributed by atoms with Crippen molar-refractivity contribution >= 4 is 0 Å². The first-order chi connectivity index (χ1) is 9.13. The van der Waals surface area contributed by atoms with Crippen LogP contribution in [0.4, 0.5) is 0 Å². The van der Waals surface area contributed by atoms with Gasteiger partial charge in [0.25, 0.3) is 0 Å². The van der Waals surface area contributed by atoms with Gasteiger partial charge in [0.2, 0.25) is 0 Å². The average molecular weight is 267 g/mol. The summed E-state index contributed by atoms with van der Waals surface area (Å²) in [7, 11) is 0. The summed E-state index contributed by atoms with van der Waals surface area (Å²) in [5.41, 5.74) is 7.42. The largest absolute Gasteiger partial charge is 0.386 e. The van der Waals surface area contributed by atoms with Gasteiger partial charge in [-0.15, -0.1) is 0 Å². The molecule has 0 bridgehead atoms. The monoisotopic (exact) mass is 267 g/mol. The Hall–Kier alpha value is -0.940. The van der Waals surface area contributed by atoms with Crippen molar-refractivity contribution in [3.05, 3.63) is 35.4 Å². The predicted octanol–water partition coefficient (Wildman–Crippen LogP) is 1.87. The fourth-order valence-corrected chi connectivity index (χ4v) is 1.60. The predicted molar refractivity (Wildman–Crippen MR) is 75.8 cm³/mol. The molecule has 19 heavy (non-hydrogen) atoms. The molecule has 0 aliphatic heterocycles. The molecule has 1 unspecified atom stereocenters. The van der Waals surface area contributed by atoms with E-state index in [2.05, 4.69) is 13.8 Å². The number of aliphatic hydroxyl groups excluding tert-OH is 1. The van der Waals surface area contributed by atoms with Crippen LogP contribution in [-0.4, -0.2) is 31.5 Å². The summed E-state index contributed by atoms with van der Waals surface area (Å²) < 4.78 is 10.8. The van der Waals surface area contributed by atoms with Gasteiger partial charge in [-0.1, -0.05) is 38.1 Å². The summed E-state index contributed by atoms with van der Waals surface area (Å²) in [6.07, 6.45) is -0.600. The number of aliphatic hydroxyl groups is 1. The van der Waals surface area contributed by atoms with Crippen molar-refractivity contribution < 1.29 is 14.6 Å². The summed E-state index contributed by atoms with van der Waals surface area (Å²) in [6.45, 7) is 6.83. The average Bonchev–Trinajstić information content (AvgIpc) is 2.42. The molecular formula is C15H25NO3. The van der Waals surface area contributed by atoms with Gasteiger partial charge < -0.3 is 20.3 Å². The Balaban J connectivity index is 2.17. The maximum absolute atomic E-state index is 9.93. The van der Waals surface area contributed by atoms with Crippen molar-refractivity contribution in [2.24, 2.45) is 11.7 Å². The van der Waals surface area contributed by atoms with Crippen LogP contribution in [0.2, 0.25) is 0 Å². The van der Waals surface area contributed by atoms with Crippen LogP contribution < -0.4 is 5.73 Å².